The highest BCUT2D eigenvalue weighted by Gasteiger charge is 2.31. The van der Waals surface area contributed by atoms with Crippen LogP contribution in [0, 0.1) is 0 Å². The van der Waals surface area contributed by atoms with Gasteiger partial charge in [-0.1, -0.05) is 177 Å². The zero-order chi connectivity index (χ0) is 43.5. The molecule has 8 heteroatoms. The number of aliphatic carboxylic acids is 1. The SMILES string of the molecule is CCC/C=C/C=C/C=C/C=C/C=C/CCCCCCCC(=O)OC(COCCC(C(=O)O)[N+](C)(C)C)COC(=O)CCCCCCCCC/C=C/CCCCCCCC. The van der Waals surface area contributed by atoms with Gasteiger partial charge in [0.15, 0.2) is 12.1 Å². The van der Waals surface area contributed by atoms with E-state index in [1.54, 1.807) is 0 Å². The monoisotopic (exact) mass is 827 g/mol. The van der Waals surface area contributed by atoms with Gasteiger partial charge in [0.1, 0.15) is 6.61 Å². The molecule has 0 aromatic rings. The van der Waals surface area contributed by atoms with Crippen LogP contribution in [0.5, 0.6) is 0 Å². The summed E-state index contributed by atoms with van der Waals surface area (Å²) in [7, 11) is 5.51. The molecule has 0 amide bonds. The molecule has 0 aliphatic rings. The summed E-state index contributed by atoms with van der Waals surface area (Å²) in [4.78, 5) is 37.1. The number of unbranched alkanes of at least 4 members (excludes halogenated alkanes) is 19. The summed E-state index contributed by atoms with van der Waals surface area (Å²) in [5, 5.41) is 9.63. The maximum atomic E-state index is 12.7. The Bertz CT molecular complexity index is 1190. The second-order valence-corrected chi connectivity index (χ2v) is 16.8. The first-order chi connectivity index (χ1) is 28.6. The van der Waals surface area contributed by atoms with Crippen molar-refractivity contribution in [3.8, 4) is 0 Å². The number of carboxylic acid groups (broad SMARTS) is 1. The summed E-state index contributed by atoms with van der Waals surface area (Å²) >= 11 is 0. The van der Waals surface area contributed by atoms with Gasteiger partial charge >= 0.3 is 17.9 Å². The summed E-state index contributed by atoms with van der Waals surface area (Å²) < 4.78 is 17.3. The molecule has 0 rings (SSSR count). The quantitative estimate of drug-likeness (QED) is 0.0215. The van der Waals surface area contributed by atoms with E-state index in [0.717, 1.165) is 64.2 Å². The molecule has 338 valence electrons. The fourth-order valence-corrected chi connectivity index (χ4v) is 6.53. The van der Waals surface area contributed by atoms with Gasteiger partial charge in [0, 0.05) is 19.3 Å². The third-order valence-electron chi connectivity index (χ3n) is 10.2. The number of quaternary nitrogens is 1. The van der Waals surface area contributed by atoms with Crippen LogP contribution >= 0.6 is 0 Å². The Morgan fingerprint density at radius 3 is 1.44 bits per heavy atom. The fraction of sp³-hybridized carbons (Fsp3) is 0.706. The van der Waals surface area contributed by atoms with E-state index in [9.17, 15) is 19.5 Å². The van der Waals surface area contributed by atoms with Gasteiger partial charge in [0.05, 0.1) is 34.4 Å². The standard InChI is InChI=1S/C51H87NO7/c1-6-8-10-12-14-16-18-20-22-24-26-28-30-32-34-36-38-40-42-50(54)59-47(45-57-44-43-48(51(55)56)52(3,4)5)46-58-49(53)41-39-37-35-33-31-29-27-25-23-21-19-17-15-13-11-9-7-2/h10,12,14,16,18,20-24,26,28,47-48H,6-9,11,13,15,17,19,25,27,29-46H2,1-5H3/p+1/b12-10+,16-14+,20-18+,23-21+,24-22+,28-26+. The van der Waals surface area contributed by atoms with Gasteiger partial charge < -0.3 is 23.8 Å². The minimum absolute atomic E-state index is 0.0458. The van der Waals surface area contributed by atoms with Gasteiger partial charge in [-0.25, -0.2) is 4.79 Å². The highest BCUT2D eigenvalue weighted by molar-refractivity contribution is 5.72. The minimum atomic E-state index is -0.883. The van der Waals surface area contributed by atoms with Crippen LogP contribution in [0.15, 0.2) is 72.9 Å². The van der Waals surface area contributed by atoms with Crippen LogP contribution in [0.3, 0.4) is 0 Å². The van der Waals surface area contributed by atoms with E-state index in [1.165, 1.54) is 83.5 Å². The fourth-order valence-electron chi connectivity index (χ4n) is 6.53. The Morgan fingerprint density at radius 2 is 0.949 bits per heavy atom. The molecule has 0 spiro atoms. The van der Waals surface area contributed by atoms with Crippen molar-refractivity contribution in [3.63, 3.8) is 0 Å². The van der Waals surface area contributed by atoms with Crippen LogP contribution in [-0.2, 0) is 28.6 Å². The Kier molecular flexibility index (Phi) is 39.2. The Labute approximate surface area is 361 Å². The van der Waals surface area contributed by atoms with Crippen molar-refractivity contribution in [3.05, 3.63) is 72.9 Å². The van der Waals surface area contributed by atoms with E-state index in [-0.39, 0.29) is 36.2 Å². The number of carbonyl (C=O) groups excluding carboxylic acids is 2. The first-order valence-electron chi connectivity index (χ1n) is 23.5. The number of ether oxygens (including phenoxy) is 3. The molecule has 2 atom stereocenters. The largest absolute Gasteiger partial charge is 0.477 e. The number of carboxylic acids is 1. The molecule has 1 N–H and O–H groups in total. The number of nitrogens with zero attached hydrogens (tertiary/aromatic N) is 1. The van der Waals surface area contributed by atoms with E-state index in [4.69, 9.17) is 14.2 Å². The van der Waals surface area contributed by atoms with Crippen LogP contribution in [0.25, 0.3) is 0 Å². The number of allylic oxidation sites excluding steroid dienone is 12. The first-order valence-corrected chi connectivity index (χ1v) is 23.5. The van der Waals surface area contributed by atoms with E-state index >= 15 is 0 Å². The number of hydrogen-bond donors (Lipinski definition) is 1. The Morgan fingerprint density at radius 1 is 0.508 bits per heavy atom. The summed E-state index contributed by atoms with van der Waals surface area (Å²) in [6.07, 6.45) is 52.2. The van der Waals surface area contributed by atoms with Gasteiger partial charge in [-0.2, -0.15) is 0 Å². The molecule has 59 heavy (non-hydrogen) atoms. The van der Waals surface area contributed by atoms with Gasteiger partial charge in [-0.3, -0.25) is 9.59 Å². The van der Waals surface area contributed by atoms with Gasteiger partial charge in [-0.05, 0) is 57.8 Å². The summed E-state index contributed by atoms with van der Waals surface area (Å²) in [5.74, 6) is -1.51. The second kappa shape index (κ2) is 41.5. The van der Waals surface area contributed by atoms with E-state index in [0.29, 0.717) is 19.3 Å². The van der Waals surface area contributed by atoms with Crippen molar-refractivity contribution < 1.29 is 38.2 Å². The molecule has 2 unspecified atom stereocenters. The molecule has 0 bridgehead atoms. The number of rotatable bonds is 41. The average molecular weight is 827 g/mol. The lowest BCUT2D eigenvalue weighted by molar-refractivity contribution is -0.887. The number of hydrogen-bond acceptors (Lipinski definition) is 6. The van der Waals surface area contributed by atoms with Crippen LogP contribution in [-0.4, -0.2) is 80.6 Å². The molecular formula is C51H88NO7+. The van der Waals surface area contributed by atoms with Crippen LogP contribution in [0.4, 0.5) is 0 Å². The van der Waals surface area contributed by atoms with Crippen molar-refractivity contribution in [1.29, 1.82) is 0 Å². The van der Waals surface area contributed by atoms with Crippen LogP contribution in [0.1, 0.15) is 181 Å². The summed E-state index contributed by atoms with van der Waals surface area (Å²) in [5.41, 5.74) is 0. The lowest BCUT2D eigenvalue weighted by Gasteiger charge is -2.31. The highest BCUT2D eigenvalue weighted by atomic mass is 16.6. The zero-order valence-electron chi connectivity index (χ0n) is 38.4. The molecule has 0 heterocycles. The average Bonchev–Trinajstić information content (AvgIpc) is 3.19. The van der Waals surface area contributed by atoms with Crippen molar-refractivity contribution in [2.24, 2.45) is 0 Å². The number of likely N-dealkylation sites (N-methyl/N-ethyl adjacent to an activating group) is 1. The Balaban J connectivity index is 4.39. The smallest absolute Gasteiger partial charge is 0.362 e. The predicted molar refractivity (Wildman–Crippen MR) is 247 cm³/mol. The van der Waals surface area contributed by atoms with Crippen molar-refractivity contribution in [2.75, 3.05) is 41.0 Å². The van der Waals surface area contributed by atoms with Gasteiger partial charge in [-0.15, -0.1) is 0 Å². The summed E-state index contributed by atoms with van der Waals surface area (Å²) in [6, 6.07) is -0.624. The molecule has 8 nitrogen and oxygen atoms in total. The van der Waals surface area contributed by atoms with E-state index in [2.05, 4.69) is 50.3 Å². The minimum Gasteiger partial charge on any atom is -0.477 e. The van der Waals surface area contributed by atoms with Crippen molar-refractivity contribution >= 4 is 17.9 Å². The molecule has 0 aliphatic heterocycles. The lowest BCUT2D eigenvalue weighted by Crippen LogP contribution is -2.50. The maximum absolute atomic E-state index is 12.7. The van der Waals surface area contributed by atoms with Gasteiger partial charge in [0.25, 0.3) is 0 Å². The number of carbonyl (C=O) groups is 3. The van der Waals surface area contributed by atoms with E-state index in [1.807, 2.05) is 57.6 Å². The Hall–Kier alpha value is -3.23. The molecule has 0 aromatic heterocycles. The molecule has 0 fully saturated rings. The normalized spacial score (nSPS) is 13.6. The van der Waals surface area contributed by atoms with Gasteiger partial charge in [0.2, 0.25) is 0 Å². The molecule has 0 radical (unpaired) electrons. The third-order valence-corrected chi connectivity index (χ3v) is 10.2. The molecular weight excluding hydrogens is 739 g/mol. The molecule has 0 saturated carbocycles. The van der Waals surface area contributed by atoms with Crippen molar-refractivity contribution in [2.45, 2.75) is 193 Å². The van der Waals surface area contributed by atoms with Crippen LogP contribution < -0.4 is 0 Å². The van der Waals surface area contributed by atoms with Crippen molar-refractivity contribution in [1.82, 2.24) is 0 Å². The van der Waals surface area contributed by atoms with Crippen LogP contribution in [0.2, 0.25) is 0 Å². The lowest BCUT2D eigenvalue weighted by atomic mass is 10.1. The molecule has 0 saturated heterocycles. The van der Waals surface area contributed by atoms with E-state index < -0.39 is 18.1 Å². The maximum Gasteiger partial charge on any atom is 0.362 e. The topological polar surface area (TPSA) is 99.1 Å². The molecule has 0 aromatic carbocycles. The third kappa shape index (κ3) is 40.0. The second-order valence-electron chi connectivity index (χ2n) is 16.8. The zero-order valence-corrected chi connectivity index (χ0v) is 38.4. The predicted octanol–water partition coefficient (Wildman–Crippen LogP) is 13.1. The molecule has 0 aliphatic carbocycles. The summed E-state index contributed by atoms with van der Waals surface area (Å²) in [6.45, 7) is 4.61. The highest BCUT2D eigenvalue weighted by Crippen LogP contribution is 2.14. The first kappa shape index (κ1) is 55.8. The number of esters is 2.